The summed E-state index contributed by atoms with van der Waals surface area (Å²) in [6, 6.07) is 0.428. The number of hydrogen-bond donors (Lipinski definition) is 2. The van der Waals surface area contributed by atoms with Gasteiger partial charge in [0.1, 0.15) is 0 Å². The molecular weight excluding hydrogens is 236 g/mol. The average Bonchev–Trinajstić information content (AvgIpc) is 2.14. The molecule has 0 atom stereocenters. The molecule has 0 rings (SSSR count). The zero-order valence-electron chi connectivity index (χ0n) is 9.91. The normalized spacial score (nSPS) is 12.4. The standard InChI is InChI=1S/C8H22N2O3Si.ClH/c1-5-6-8(9,10)7-14(11-2,12-3)13-4;/h5-7,9-10H2,1-4H3;1H. The van der Waals surface area contributed by atoms with Crippen LogP contribution in [0.25, 0.3) is 0 Å². The van der Waals surface area contributed by atoms with E-state index in [-0.39, 0.29) is 12.4 Å². The van der Waals surface area contributed by atoms with Gasteiger partial charge in [-0.25, -0.2) is 0 Å². The van der Waals surface area contributed by atoms with Gasteiger partial charge in [-0.05, 0) is 6.42 Å². The molecule has 0 saturated heterocycles. The molecule has 4 N–H and O–H groups in total. The molecule has 0 bridgehead atoms. The van der Waals surface area contributed by atoms with Crippen molar-refractivity contribution in [2.24, 2.45) is 11.5 Å². The van der Waals surface area contributed by atoms with Crippen molar-refractivity contribution >= 4 is 21.2 Å². The van der Waals surface area contributed by atoms with Crippen LogP contribution in [0.1, 0.15) is 19.8 Å². The summed E-state index contributed by atoms with van der Waals surface area (Å²) < 4.78 is 15.8. The molecule has 0 aromatic rings. The van der Waals surface area contributed by atoms with Gasteiger partial charge in [0, 0.05) is 27.4 Å². The zero-order chi connectivity index (χ0) is 11.2. The van der Waals surface area contributed by atoms with Gasteiger partial charge >= 0.3 is 8.80 Å². The van der Waals surface area contributed by atoms with Crippen LogP contribution in [-0.4, -0.2) is 35.8 Å². The lowest BCUT2D eigenvalue weighted by Gasteiger charge is -2.32. The van der Waals surface area contributed by atoms with Gasteiger partial charge in [-0.1, -0.05) is 13.3 Å². The van der Waals surface area contributed by atoms with Gasteiger partial charge in [-0.3, -0.25) is 0 Å². The van der Waals surface area contributed by atoms with Crippen molar-refractivity contribution in [1.82, 2.24) is 0 Å². The van der Waals surface area contributed by atoms with E-state index in [4.69, 9.17) is 24.7 Å². The van der Waals surface area contributed by atoms with E-state index < -0.39 is 14.5 Å². The molecule has 0 fully saturated rings. The fraction of sp³-hybridized carbons (Fsp3) is 1.00. The lowest BCUT2D eigenvalue weighted by Crippen LogP contribution is -2.58. The van der Waals surface area contributed by atoms with E-state index in [2.05, 4.69) is 0 Å². The van der Waals surface area contributed by atoms with E-state index in [0.29, 0.717) is 6.04 Å². The third kappa shape index (κ3) is 5.81. The lowest BCUT2D eigenvalue weighted by molar-refractivity contribution is 0.114. The maximum absolute atomic E-state index is 5.91. The van der Waals surface area contributed by atoms with Crippen molar-refractivity contribution in [1.29, 1.82) is 0 Å². The fourth-order valence-electron chi connectivity index (χ4n) is 1.42. The molecule has 0 aliphatic carbocycles. The van der Waals surface area contributed by atoms with Gasteiger partial charge in [0.25, 0.3) is 0 Å². The summed E-state index contributed by atoms with van der Waals surface area (Å²) in [6.07, 6.45) is 1.65. The minimum atomic E-state index is -2.64. The molecule has 5 nitrogen and oxygen atoms in total. The average molecular weight is 259 g/mol. The van der Waals surface area contributed by atoms with Gasteiger partial charge in [0.2, 0.25) is 0 Å². The summed E-state index contributed by atoms with van der Waals surface area (Å²) >= 11 is 0. The van der Waals surface area contributed by atoms with Crippen molar-refractivity contribution in [3.8, 4) is 0 Å². The molecule has 7 heteroatoms. The van der Waals surface area contributed by atoms with Crippen LogP contribution in [0.4, 0.5) is 0 Å². The van der Waals surface area contributed by atoms with Crippen LogP contribution in [0.3, 0.4) is 0 Å². The van der Waals surface area contributed by atoms with Crippen LogP contribution in [0, 0.1) is 0 Å². The van der Waals surface area contributed by atoms with E-state index >= 15 is 0 Å². The number of halogens is 1. The van der Waals surface area contributed by atoms with E-state index in [9.17, 15) is 0 Å². The maximum Gasteiger partial charge on any atom is 0.503 e. The summed E-state index contributed by atoms with van der Waals surface area (Å²) in [5, 5.41) is 0. The Kier molecular flexibility index (Phi) is 8.92. The highest BCUT2D eigenvalue weighted by molar-refractivity contribution is 6.60. The van der Waals surface area contributed by atoms with Crippen LogP contribution >= 0.6 is 12.4 Å². The van der Waals surface area contributed by atoms with Gasteiger partial charge < -0.3 is 24.7 Å². The monoisotopic (exact) mass is 258 g/mol. The topological polar surface area (TPSA) is 79.7 Å². The smallest absolute Gasteiger partial charge is 0.377 e. The highest BCUT2D eigenvalue weighted by Crippen LogP contribution is 2.20. The number of rotatable bonds is 7. The molecule has 0 unspecified atom stereocenters. The van der Waals surface area contributed by atoms with E-state index in [0.717, 1.165) is 12.8 Å². The fourth-order valence-corrected chi connectivity index (χ4v) is 3.34. The van der Waals surface area contributed by atoms with Gasteiger partial charge in [0.05, 0.1) is 5.66 Å². The van der Waals surface area contributed by atoms with E-state index in [1.54, 1.807) is 21.3 Å². The van der Waals surface area contributed by atoms with Crippen molar-refractivity contribution in [3.05, 3.63) is 0 Å². The second-order valence-electron chi connectivity index (χ2n) is 3.46. The summed E-state index contributed by atoms with van der Waals surface area (Å²) in [6.45, 7) is 2.03. The van der Waals surface area contributed by atoms with Crippen molar-refractivity contribution < 1.29 is 13.3 Å². The summed E-state index contributed by atoms with van der Waals surface area (Å²) in [5.41, 5.74) is 11.1. The molecule has 0 amide bonds. The van der Waals surface area contributed by atoms with Crippen molar-refractivity contribution in [2.75, 3.05) is 21.3 Å². The predicted molar refractivity (Wildman–Crippen MR) is 64.8 cm³/mol. The number of nitrogens with two attached hydrogens (primary N) is 2. The quantitative estimate of drug-likeness (QED) is 0.519. The van der Waals surface area contributed by atoms with Crippen LogP contribution in [-0.2, 0) is 13.3 Å². The molecule has 0 spiro atoms. The Morgan fingerprint density at radius 2 is 1.47 bits per heavy atom. The SMILES string of the molecule is CCCC(N)(N)C[Si](OC)(OC)OC.Cl. The molecule has 0 aliphatic rings. The molecule has 15 heavy (non-hydrogen) atoms. The van der Waals surface area contributed by atoms with Crippen LogP contribution in [0.15, 0.2) is 0 Å². The van der Waals surface area contributed by atoms with Gasteiger partial charge in [-0.2, -0.15) is 0 Å². The summed E-state index contributed by atoms with van der Waals surface area (Å²) in [7, 11) is 2.03. The minimum absolute atomic E-state index is 0. The summed E-state index contributed by atoms with van der Waals surface area (Å²) in [4.78, 5) is 0. The Morgan fingerprint density at radius 1 is 1.07 bits per heavy atom. The van der Waals surface area contributed by atoms with Crippen molar-refractivity contribution in [3.63, 3.8) is 0 Å². The summed E-state index contributed by atoms with van der Waals surface area (Å²) in [5.74, 6) is 0. The largest absolute Gasteiger partial charge is 0.503 e. The third-order valence-electron chi connectivity index (χ3n) is 2.19. The Bertz CT molecular complexity index is 160. The molecule has 0 saturated carbocycles. The Morgan fingerprint density at radius 3 is 1.73 bits per heavy atom. The Labute approximate surface area is 99.2 Å². The van der Waals surface area contributed by atoms with Crippen molar-refractivity contribution in [2.45, 2.75) is 31.5 Å². The predicted octanol–water partition coefficient (Wildman–Crippen LogP) is 0.700. The first-order valence-electron chi connectivity index (χ1n) is 4.68. The van der Waals surface area contributed by atoms with Crippen LogP contribution in [0.5, 0.6) is 0 Å². The first kappa shape index (κ1) is 17.7. The van der Waals surface area contributed by atoms with Gasteiger partial charge in [-0.15, -0.1) is 12.4 Å². The van der Waals surface area contributed by atoms with Crippen LogP contribution in [0.2, 0.25) is 6.04 Å². The minimum Gasteiger partial charge on any atom is -0.377 e. The Hall–Kier alpha value is 0.307. The van der Waals surface area contributed by atoms with E-state index in [1.807, 2.05) is 6.92 Å². The number of hydrogen-bond acceptors (Lipinski definition) is 5. The highest BCUT2D eigenvalue weighted by Gasteiger charge is 2.44. The molecule has 0 aromatic carbocycles. The molecule has 0 aliphatic heterocycles. The molecule has 94 valence electrons. The molecule has 0 heterocycles. The molecule has 0 aromatic heterocycles. The van der Waals surface area contributed by atoms with Gasteiger partial charge in [0.15, 0.2) is 0 Å². The maximum atomic E-state index is 5.91. The highest BCUT2D eigenvalue weighted by atomic mass is 35.5. The molecular formula is C8H23ClN2O3Si. The Balaban J connectivity index is 0. The third-order valence-corrected chi connectivity index (χ3v) is 5.15. The van der Waals surface area contributed by atoms with Crippen LogP contribution < -0.4 is 11.5 Å². The lowest BCUT2D eigenvalue weighted by atomic mass is 10.1. The first-order valence-corrected chi connectivity index (χ1v) is 6.61. The molecule has 0 radical (unpaired) electrons. The van der Waals surface area contributed by atoms with E-state index in [1.165, 1.54) is 0 Å². The first-order chi connectivity index (χ1) is 6.45. The second-order valence-corrected chi connectivity index (χ2v) is 6.40. The second kappa shape index (κ2) is 7.56. The zero-order valence-corrected chi connectivity index (χ0v) is 11.7.